The minimum absolute atomic E-state index is 0.213. The molecule has 0 atom stereocenters. The van der Waals surface area contributed by atoms with Gasteiger partial charge in [-0.05, 0) is 5.92 Å². The summed E-state index contributed by atoms with van der Waals surface area (Å²) in [5, 5.41) is 0. The first-order valence-corrected chi connectivity index (χ1v) is 3.92. The van der Waals surface area contributed by atoms with Gasteiger partial charge in [0.05, 0.1) is 6.61 Å². The van der Waals surface area contributed by atoms with Crippen LogP contribution in [0.1, 0.15) is 13.8 Å². The van der Waals surface area contributed by atoms with Crippen LogP contribution in [0.2, 0.25) is 0 Å². The fraction of sp³-hybridized carbons (Fsp3) is 0.750. The third-order valence-corrected chi connectivity index (χ3v) is 0.994. The molecular weight excluding hydrogens is 176 g/mol. The lowest BCUT2D eigenvalue weighted by atomic mass is 10.2. The van der Waals surface area contributed by atoms with Gasteiger partial charge in [0.15, 0.2) is 0 Å². The summed E-state index contributed by atoms with van der Waals surface area (Å²) in [4.78, 5) is 21.4. The van der Waals surface area contributed by atoms with E-state index in [-0.39, 0.29) is 19.1 Å². The van der Waals surface area contributed by atoms with Gasteiger partial charge >= 0.3 is 12.1 Å². The number of carbonyl (C=O) groups is 2. The summed E-state index contributed by atoms with van der Waals surface area (Å²) in [6, 6.07) is 0. The van der Waals surface area contributed by atoms with Gasteiger partial charge < -0.3 is 14.2 Å². The summed E-state index contributed by atoms with van der Waals surface area (Å²) in [7, 11) is 1.33. The molecule has 0 N–H and O–H groups in total. The van der Waals surface area contributed by atoms with E-state index in [9.17, 15) is 9.59 Å². The van der Waals surface area contributed by atoms with Crippen molar-refractivity contribution in [1.29, 1.82) is 0 Å². The van der Waals surface area contributed by atoms with Crippen molar-refractivity contribution in [2.75, 3.05) is 20.3 Å². The van der Waals surface area contributed by atoms with Crippen molar-refractivity contribution < 1.29 is 23.8 Å². The highest BCUT2D eigenvalue weighted by Gasteiger charge is 2.11. The molecule has 0 rings (SSSR count). The molecule has 0 spiro atoms. The van der Waals surface area contributed by atoms with Crippen molar-refractivity contribution in [3.8, 4) is 0 Å². The Labute approximate surface area is 77.0 Å². The average molecular weight is 190 g/mol. The molecular formula is C8H14O5. The first-order chi connectivity index (χ1) is 6.06. The Morgan fingerprint density at radius 1 is 1.31 bits per heavy atom. The Balaban J connectivity index is 3.56. The molecule has 5 heteroatoms. The molecule has 76 valence electrons. The Hall–Kier alpha value is -1.10. The molecule has 0 fully saturated rings. The second-order valence-corrected chi connectivity index (χ2v) is 2.86. The largest absolute Gasteiger partial charge is 0.516 e. The van der Waals surface area contributed by atoms with E-state index in [0.717, 1.165) is 0 Å². The van der Waals surface area contributed by atoms with Crippen LogP contribution in [0.5, 0.6) is 0 Å². The molecule has 0 saturated heterocycles. The molecule has 0 aliphatic rings. The Morgan fingerprint density at radius 2 is 1.92 bits per heavy atom. The lowest BCUT2D eigenvalue weighted by molar-refractivity contribution is -0.144. The second-order valence-electron chi connectivity index (χ2n) is 2.86. The molecule has 0 bridgehead atoms. The standard InChI is InChI=1S/C8H14O5/c1-6(2)4-12-8(10)13-7(9)5-11-3/h6H,4-5H2,1-3H3. The van der Waals surface area contributed by atoms with E-state index in [0.29, 0.717) is 0 Å². The first kappa shape index (κ1) is 11.9. The van der Waals surface area contributed by atoms with Gasteiger partial charge in [0.2, 0.25) is 0 Å². The molecule has 0 aliphatic carbocycles. The Bertz CT molecular complexity index is 175. The van der Waals surface area contributed by atoms with Crippen molar-refractivity contribution in [2.45, 2.75) is 13.8 Å². The number of methoxy groups -OCH3 is 1. The summed E-state index contributed by atoms with van der Waals surface area (Å²) >= 11 is 0. The molecule has 0 aliphatic heterocycles. The molecule has 5 nitrogen and oxygen atoms in total. The number of hydrogen-bond donors (Lipinski definition) is 0. The zero-order valence-electron chi connectivity index (χ0n) is 8.03. The monoisotopic (exact) mass is 190 g/mol. The van der Waals surface area contributed by atoms with Crippen molar-refractivity contribution in [3.05, 3.63) is 0 Å². The summed E-state index contributed by atoms with van der Waals surface area (Å²) in [6.07, 6.45) is -0.976. The lowest BCUT2D eigenvalue weighted by Gasteiger charge is -2.05. The van der Waals surface area contributed by atoms with Gasteiger partial charge in [0, 0.05) is 7.11 Å². The van der Waals surface area contributed by atoms with Gasteiger partial charge in [-0.3, -0.25) is 0 Å². The van der Waals surface area contributed by atoms with Gasteiger partial charge in [-0.25, -0.2) is 9.59 Å². The zero-order valence-corrected chi connectivity index (χ0v) is 8.03. The van der Waals surface area contributed by atoms with E-state index in [2.05, 4.69) is 14.2 Å². The highest BCUT2D eigenvalue weighted by atomic mass is 16.7. The van der Waals surface area contributed by atoms with E-state index in [1.165, 1.54) is 7.11 Å². The fourth-order valence-electron chi connectivity index (χ4n) is 0.504. The Kier molecular flexibility index (Phi) is 5.88. The van der Waals surface area contributed by atoms with Crippen molar-refractivity contribution in [3.63, 3.8) is 0 Å². The van der Waals surface area contributed by atoms with Crippen molar-refractivity contribution >= 4 is 12.1 Å². The smallest absolute Gasteiger partial charge is 0.434 e. The van der Waals surface area contributed by atoms with Gasteiger partial charge in [0.1, 0.15) is 6.61 Å². The predicted molar refractivity (Wildman–Crippen MR) is 44.2 cm³/mol. The third kappa shape index (κ3) is 7.27. The van der Waals surface area contributed by atoms with E-state index in [4.69, 9.17) is 0 Å². The number of esters is 1. The third-order valence-electron chi connectivity index (χ3n) is 0.994. The zero-order chi connectivity index (χ0) is 10.3. The lowest BCUT2D eigenvalue weighted by Crippen LogP contribution is -2.19. The van der Waals surface area contributed by atoms with Crippen molar-refractivity contribution in [2.24, 2.45) is 5.92 Å². The Morgan fingerprint density at radius 3 is 2.38 bits per heavy atom. The summed E-state index contributed by atoms with van der Waals surface area (Å²) in [6.45, 7) is 3.74. The summed E-state index contributed by atoms with van der Waals surface area (Å²) in [5.41, 5.74) is 0. The van der Waals surface area contributed by atoms with Gasteiger partial charge in [-0.1, -0.05) is 13.8 Å². The van der Waals surface area contributed by atoms with E-state index in [1.54, 1.807) is 0 Å². The molecule has 0 aromatic heterocycles. The van der Waals surface area contributed by atoms with Crippen LogP contribution in [0.15, 0.2) is 0 Å². The summed E-state index contributed by atoms with van der Waals surface area (Å²) in [5.74, 6) is -0.540. The van der Waals surface area contributed by atoms with Crippen LogP contribution in [0.25, 0.3) is 0 Å². The summed E-state index contributed by atoms with van der Waals surface area (Å²) < 4.78 is 13.2. The van der Waals surface area contributed by atoms with E-state index >= 15 is 0 Å². The maximum atomic E-state index is 10.7. The molecule has 0 unspecified atom stereocenters. The topological polar surface area (TPSA) is 61.8 Å². The highest BCUT2D eigenvalue weighted by Crippen LogP contribution is 1.95. The minimum atomic E-state index is -0.976. The van der Waals surface area contributed by atoms with E-state index in [1.807, 2.05) is 13.8 Å². The van der Waals surface area contributed by atoms with Gasteiger partial charge in [-0.15, -0.1) is 0 Å². The number of carbonyl (C=O) groups excluding carboxylic acids is 2. The number of rotatable bonds is 4. The van der Waals surface area contributed by atoms with Crippen LogP contribution in [0.3, 0.4) is 0 Å². The van der Waals surface area contributed by atoms with Crippen LogP contribution in [-0.4, -0.2) is 32.4 Å². The van der Waals surface area contributed by atoms with Gasteiger partial charge in [-0.2, -0.15) is 0 Å². The molecule has 0 radical (unpaired) electrons. The minimum Gasteiger partial charge on any atom is -0.434 e. The SMILES string of the molecule is COCC(=O)OC(=O)OCC(C)C. The maximum absolute atomic E-state index is 10.7. The van der Waals surface area contributed by atoms with Gasteiger partial charge in [0.25, 0.3) is 0 Å². The van der Waals surface area contributed by atoms with E-state index < -0.39 is 12.1 Å². The molecule has 0 aromatic carbocycles. The normalized spacial score (nSPS) is 9.85. The first-order valence-electron chi connectivity index (χ1n) is 3.92. The molecule has 0 aromatic rings. The highest BCUT2D eigenvalue weighted by molar-refractivity contribution is 5.82. The molecule has 0 heterocycles. The van der Waals surface area contributed by atoms with Crippen LogP contribution < -0.4 is 0 Å². The fourth-order valence-corrected chi connectivity index (χ4v) is 0.504. The molecule has 13 heavy (non-hydrogen) atoms. The van der Waals surface area contributed by atoms with Crippen LogP contribution in [-0.2, 0) is 19.0 Å². The second kappa shape index (κ2) is 6.42. The number of ether oxygens (including phenoxy) is 3. The van der Waals surface area contributed by atoms with Crippen molar-refractivity contribution in [1.82, 2.24) is 0 Å². The average Bonchev–Trinajstić information content (AvgIpc) is 2.01. The predicted octanol–water partition coefficient (Wildman–Crippen LogP) is 0.969. The van der Waals surface area contributed by atoms with Crippen LogP contribution >= 0.6 is 0 Å². The maximum Gasteiger partial charge on any atom is 0.516 e. The van der Waals surface area contributed by atoms with Crippen LogP contribution in [0.4, 0.5) is 4.79 Å². The number of hydrogen-bond acceptors (Lipinski definition) is 5. The van der Waals surface area contributed by atoms with Crippen LogP contribution in [0, 0.1) is 5.92 Å². The molecule has 0 amide bonds. The quantitative estimate of drug-likeness (QED) is 0.488. The molecule has 0 saturated carbocycles.